The lowest BCUT2D eigenvalue weighted by molar-refractivity contribution is 0.100. The lowest BCUT2D eigenvalue weighted by Gasteiger charge is -2.12. The standard InChI is InChI=1S/C23H20O2/c1-15-7-11-18(12-8-15)22(24)20-6-4-5-17(3)21(20)23(25)19-13-9-16(2)10-14-19/h4-14H,1-3H3. The van der Waals surface area contributed by atoms with Crippen molar-refractivity contribution in [2.45, 2.75) is 20.8 Å². The molecule has 124 valence electrons. The average molecular weight is 328 g/mol. The molecule has 0 bridgehead atoms. The van der Waals surface area contributed by atoms with Crippen molar-refractivity contribution in [2.75, 3.05) is 0 Å². The molecule has 0 spiro atoms. The summed E-state index contributed by atoms with van der Waals surface area (Å²) in [7, 11) is 0. The minimum Gasteiger partial charge on any atom is -0.289 e. The van der Waals surface area contributed by atoms with E-state index in [0.29, 0.717) is 22.3 Å². The molecular weight excluding hydrogens is 308 g/mol. The van der Waals surface area contributed by atoms with E-state index in [4.69, 9.17) is 0 Å². The minimum absolute atomic E-state index is 0.117. The first-order chi connectivity index (χ1) is 12.0. The Kier molecular flexibility index (Phi) is 4.62. The van der Waals surface area contributed by atoms with Crippen LogP contribution in [0, 0.1) is 20.8 Å². The van der Waals surface area contributed by atoms with Gasteiger partial charge in [0.25, 0.3) is 0 Å². The van der Waals surface area contributed by atoms with Crippen molar-refractivity contribution < 1.29 is 9.59 Å². The number of ketones is 2. The summed E-state index contributed by atoms with van der Waals surface area (Å²) in [6, 6.07) is 20.3. The SMILES string of the molecule is Cc1ccc(C(=O)c2cccc(C)c2C(=O)c2ccc(C)cc2)cc1. The largest absolute Gasteiger partial charge is 0.289 e. The Labute approximate surface area is 148 Å². The molecule has 3 aromatic rings. The van der Waals surface area contributed by atoms with E-state index in [1.165, 1.54) is 0 Å². The second-order valence-electron chi connectivity index (χ2n) is 6.39. The predicted octanol–water partition coefficient (Wildman–Crippen LogP) is 5.07. The van der Waals surface area contributed by atoms with Gasteiger partial charge in [-0.25, -0.2) is 0 Å². The van der Waals surface area contributed by atoms with Crippen molar-refractivity contribution in [1.82, 2.24) is 0 Å². The fourth-order valence-corrected chi connectivity index (χ4v) is 2.87. The van der Waals surface area contributed by atoms with Crippen molar-refractivity contribution >= 4 is 11.6 Å². The first-order valence-corrected chi connectivity index (χ1v) is 8.29. The van der Waals surface area contributed by atoms with Gasteiger partial charge in [-0.3, -0.25) is 9.59 Å². The van der Waals surface area contributed by atoms with E-state index in [1.54, 1.807) is 18.2 Å². The highest BCUT2D eigenvalue weighted by atomic mass is 16.1. The van der Waals surface area contributed by atoms with Crippen molar-refractivity contribution in [2.24, 2.45) is 0 Å². The monoisotopic (exact) mass is 328 g/mol. The molecule has 2 heteroatoms. The summed E-state index contributed by atoms with van der Waals surface area (Å²) in [5.74, 6) is -0.243. The molecule has 0 aliphatic heterocycles. The lowest BCUT2D eigenvalue weighted by Crippen LogP contribution is -2.13. The average Bonchev–Trinajstić information content (AvgIpc) is 2.61. The molecule has 3 rings (SSSR count). The zero-order chi connectivity index (χ0) is 18.0. The maximum absolute atomic E-state index is 13.0. The van der Waals surface area contributed by atoms with E-state index in [9.17, 15) is 9.59 Å². The first kappa shape index (κ1) is 16.8. The summed E-state index contributed by atoms with van der Waals surface area (Å²) in [5.41, 5.74) is 5.12. The van der Waals surface area contributed by atoms with Crippen LogP contribution in [-0.4, -0.2) is 11.6 Å². The van der Waals surface area contributed by atoms with Gasteiger partial charge in [-0.2, -0.15) is 0 Å². The zero-order valence-electron chi connectivity index (χ0n) is 14.7. The van der Waals surface area contributed by atoms with E-state index in [-0.39, 0.29) is 11.6 Å². The highest BCUT2D eigenvalue weighted by Gasteiger charge is 2.21. The Hall–Kier alpha value is -3.00. The van der Waals surface area contributed by atoms with Crippen LogP contribution in [-0.2, 0) is 0 Å². The van der Waals surface area contributed by atoms with Gasteiger partial charge in [0.1, 0.15) is 0 Å². The Morgan fingerprint density at radius 3 is 1.60 bits per heavy atom. The maximum atomic E-state index is 13.0. The summed E-state index contributed by atoms with van der Waals surface area (Å²) in [4.78, 5) is 26.0. The Morgan fingerprint density at radius 2 is 1.08 bits per heavy atom. The summed E-state index contributed by atoms with van der Waals surface area (Å²) >= 11 is 0. The van der Waals surface area contributed by atoms with Crippen LogP contribution in [0.5, 0.6) is 0 Å². The predicted molar refractivity (Wildman–Crippen MR) is 100 cm³/mol. The normalized spacial score (nSPS) is 10.5. The third-order valence-electron chi connectivity index (χ3n) is 4.37. The maximum Gasteiger partial charge on any atom is 0.194 e. The van der Waals surface area contributed by atoms with Gasteiger partial charge in [-0.1, -0.05) is 77.9 Å². The number of hydrogen-bond acceptors (Lipinski definition) is 2. The first-order valence-electron chi connectivity index (χ1n) is 8.29. The van der Waals surface area contributed by atoms with E-state index < -0.39 is 0 Å². The summed E-state index contributed by atoms with van der Waals surface area (Å²) < 4.78 is 0. The number of carbonyl (C=O) groups is 2. The molecule has 0 saturated carbocycles. The Bertz CT molecular complexity index is 933. The minimum atomic E-state index is -0.126. The van der Waals surface area contributed by atoms with Crippen LogP contribution in [0.4, 0.5) is 0 Å². The van der Waals surface area contributed by atoms with Crippen LogP contribution in [0.15, 0.2) is 66.7 Å². The van der Waals surface area contributed by atoms with Crippen LogP contribution in [0.25, 0.3) is 0 Å². The van der Waals surface area contributed by atoms with Gasteiger partial charge in [-0.05, 0) is 26.3 Å². The molecule has 2 nitrogen and oxygen atoms in total. The molecule has 0 saturated heterocycles. The third kappa shape index (κ3) is 3.43. The number of rotatable bonds is 4. The Morgan fingerprint density at radius 1 is 0.600 bits per heavy atom. The summed E-state index contributed by atoms with van der Waals surface area (Å²) in [6.45, 7) is 5.83. The number of hydrogen-bond donors (Lipinski definition) is 0. The van der Waals surface area contributed by atoms with Crippen LogP contribution < -0.4 is 0 Å². The van der Waals surface area contributed by atoms with Gasteiger partial charge >= 0.3 is 0 Å². The second-order valence-corrected chi connectivity index (χ2v) is 6.39. The summed E-state index contributed by atoms with van der Waals surface area (Å²) in [6.07, 6.45) is 0. The van der Waals surface area contributed by atoms with E-state index in [1.807, 2.05) is 69.3 Å². The van der Waals surface area contributed by atoms with Gasteiger partial charge in [0.05, 0.1) is 0 Å². The molecule has 0 aliphatic carbocycles. The second kappa shape index (κ2) is 6.86. The molecule has 0 unspecified atom stereocenters. The fraction of sp³-hybridized carbons (Fsp3) is 0.130. The molecule has 0 heterocycles. The zero-order valence-corrected chi connectivity index (χ0v) is 14.7. The van der Waals surface area contributed by atoms with Crippen LogP contribution >= 0.6 is 0 Å². The molecule has 0 amide bonds. The molecular formula is C23H20O2. The molecule has 25 heavy (non-hydrogen) atoms. The molecule has 0 atom stereocenters. The van der Waals surface area contributed by atoms with Crippen molar-refractivity contribution in [3.8, 4) is 0 Å². The topological polar surface area (TPSA) is 34.1 Å². The van der Waals surface area contributed by atoms with Crippen molar-refractivity contribution in [1.29, 1.82) is 0 Å². The van der Waals surface area contributed by atoms with Crippen molar-refractivity contribution in [3.05, 3.63) is 106 Å². The van der Waals surface area contributed by atoms with Gasteiger partial charge in [-0.15, -0.1) is 0 Å². The molecule has 0 aromatic heterocycles. The van der Waals surface area contributed by atoms with Crippen molar-refractivity contribution in [3.63, 3.8) is 0 Å². The lowest BCUT2D eigenvalue weighted by atomic mass is 9.90. The third-order valence-corrected chi connectivity index (χ3v) is 4.37. The number of carbonyl (C=O) groups excluding carboxylic acids is 2. The molecule has 0 radical (unpaired) electrons. The van der Waals surface area contributed by atoms with E-state index in [0.717, 1.165) is 16.7 Å². The fourth-order valence-electron chi connectivity index (χ4n) is 2.87. The smallest absolute Gasteiger partial charge is 0.194 e. The Balaban J connectivity index is 2.08. The molecule has 0 N–H and O–H groups in total. The van der Waals surface area contributed by atoms with Gasteiger partial charge in [0.15, 0.2) is 11.6 Å². The summed E-state index contributed by atoms with van der Waals surface area (Å²) in [5, 5.41) is 0. The van der Waals surface area contributed by atoms with Crippen LogP contribution in [0.3, 0.4) is 0 Å². The molecule has 0 fully saturated rings. The highest BCUT2D eigenvalue weighted by Crippen LogP contribution is 2.22. The van der Waals surface area contributed by atoms with Gasteiger partial charge in [0, 0.05) is 22.3 Å². The van der Waals surface area contributed by atoms with Crippen LogP contribution in [0.2, 0.25) is 0 Å². The van der Waals surface area contributed by atoms with E-state index in [2.05, 4.69) is 0 Å². The highest BCUT2D eigenvalue weighted by molar-refractivity contribution is 6.20. The molecule has 0 aliphatic rings. The van der Waals surface area contributed by atoms with Gasteiger partial charge in [0.2, 0.25) is 0 Å². The van der Waals surface area contributed by atoms with E-state index >= 15 is 0 Å². The quantitative estimate of drug-likeness (QED) is 0.626. The van der Waals surface area contributed by atoms with Gasteiger partial charge < -0.3 is 0 Å². The molecule has 3 aromatic carbocycles. The number of aryl methyl sites for hydroxylation is 3. The van der Waals surface area contributed by atoms with Crippen LogP contribution in [0.1, 0.15) is 48.5 Å². The number of benzene rings is 3.